The van der Waals surface area contributed by atoms with Crippen LogP contribution >= 0.6 is 0 Å². The number of aryl methyl sites for hydroxylation is 1. The van der Waals surface area contributed by atoms with E-state index in [9.17, 15) is 14.7 Å². The molecule has 0 unspecified atom stereocenters. The molecule has 0 bridgehead atoms. The molecule has 1 N–H and O–H groups in total. The average molecular weight is 294 g/mol. The monoisotopic (exact) mass is 294 g/mol. The first-order valence-corrected chi connectivity index (χ1v) is 7.77. The van der Waals surface area contributed by atoms with Crippen LogP contribution in [-0.4, -0.2) is 49.5 Å². The summed E-state index contributed by atoms with van der Waals surface area (Å²) in [6.07, 6.45) is 5.70. The second kappa shape index (κ2) is 6.01. The third kappa shape index (κ3) is 2.74. The average Bonchev–Trinajstić information content (AvgIpc) is 2.98. The van der Waals surface area contributed by atoms with Gasteiger partial charge < -0.3 is 10.0 Å². The van der Waals surface area contributed by atoms with Gasteiger partial charge in [0, 0.05) is 19.5 Å². The van der Waals surface area contributed by atoms with Crippen LogP contribution in [0.1, 0.15) is 37.9 Å². The number of amides is 1. The van der Waals surface area contributed by atoms with E-state index in [0.717, 1.165) is 44.3 Å². The van der Waals surface area contributed by atoms with Crippen molar-refractivity contribution in [3.05, 3.63) is 16.3 Å². The SMILES string of the molecule is O=C(Cn1nc2n(c1=O)CCCCC2)N1CCC[C@@H]1CO. The Balaban J connectivity index is 1.76. The van der Waals surface area contributed by atoms with Crippen molar-refractivity contribution < 1.29 is 9.90 Å². The van der Waals surface area contributed by atoms with Crippen molar-refractivity contribution in [1.29, 1.82) is 0 Å². The number of carbonyl (C=O) groups excluding carboxylic acids is 1. The Kier molecular flexibility index (Phi) is 4.10. The molecule has 3 heterocycles. The van der Waals surface area contributed by atoms with E-state index >= 15 is 0 Å². The summed E-state index contributed by atoms with van der Waals surface area (Å²) in [5.74, 6) is 0.673. The number of hydrogen-bond donors (Lipinski definition) is 1. The molecule has 7 nitrogen and oxygen atoms in total. The predicted octanol–water partition coefficient (Wildman–Crippen LogP) is -0.245. The molecule has 0 aliphatic carbocycles. The van der Waals surface area contributed by atoms with Gasteiger partial charge in [-0.3, -0.25) is 9.36 Å². The van der Waals surface area contributed by atoms with Gasteiger partial charge in [-0.15, -0.1) is 0 Å². The van der Waals surface area contributed by atoms with Crippen LogP contribution in [0.15, 0.2) is 4.79 Å². The fourth-order valence-electron chi connectivity index (χ4n) is 3.30. The second-order valence-corrected chi connectivity index (χ2v) is 5.88. The molecule has 3 rings (SSSR count). The normalized spacial score (nSPS) is 22.1. The lowest BCUT2D eigenvalue weighted by Crippen LogP contribution is -2.41. The van der Waals surface area contributed by atoms with E-state index in [1.54, 1.807) is 9.47 Å². The van der Waals surface area contributed by atoms with Crippen LogP contribution in [0.4, 0.5) is 0 Å². The molecule has 21 heavy (non-hydrogen) atoms. The Morgan fingerprint density at radius 2 is 2.10 bits per heavy atom. The fourth-order valence-corrected chi connectivity index (χ4v) is 3.30. The number of fused-ring (bicyclic) bond motifs is 1. The quantitative estimate of drug-likeness (QED) is 0.834. The van der Waals surface area contributed by atoms with Gasteiger partial charge in [0.2, 0.25) is 5.91 Å². The van der Waals surface area contributed by atoms with E-state index < -0.39 is 0 Å². The van der Waals surface area contributed by atoms with E-state index in [1.807, 2.05) is 0 Å². The van der Waals surface area contributed by atoms with Crippen molar-refractivity contribution in [2.75, 3.05) is 13.2 Å². The Hall–Kier alpha value is -1.63. The van der Waals surface area contributed by atoms with Gasteiger partial charge in [0.05, 0.1) is 12.6 Å². The van der Waals surface area contributed by atoms with Crippen LogP contribution in [0.25, 0.3) is 0 Å². The molecule has 2 aliphatic rings. The van der Waals surface area contributed by atoms with Gasteiger partial charge in [-0.2, -0.15) is 5.10 Å². The lowest BCUT2D eigenvalue weighted by molar-refractivity contribution is -0.133. The lowest BCUT2D eigenvalue weighted by Gasteiger charge is -2.22. The molecule has 1 fully saturated rings. The minimum Gasteiger partial charge on any atom is -0.394 e. The number of aliphatic hydroxyl groups excluding tert-OH is 1. The molecule has 1 atom stereocenters. The highest BCUT2D eigenvalue weighted by atomic mass is 16.3. The van der Waals surface area contributed by atoms with Crippen molar-refractivity contribution in [2.24, 2.45) is 0 Å². The van der Waals surface area contributed by atoms with Crippen LogP contribution in [0.5, 0.6) is 0 Å². The molecule has 7 heteroatoms. The van der Waals surface area contributed by atoms with E-state index in [0.29, 0.717) is 13.1 Å². The van der Waals surface area contributed by atoms with Crippen molar-refractivity contribution >= 4 is 5.91 Å². The van der Waals surface area contributed by atoms with Crippen LogP contribution < -0.4 is 5.69 Å². The number of aliphatic hydroxyl groups is 1. The standard InChI is InChI=1S/C14H22N4O3/c19-10-11-5-4-8-16(11)13(20)9-18-14(21)17-7-3-1-2-6-12(17)15-18/h11,19H,1-10H2/t11-/m1/s1. The number of carbonyl (C=O) groups is 1. The van der Waals surface area contributed by atoms with Crippen LogP contribution in [0.3, 0.4) is 0 Å². The Labute approximate surface area is 123 Å². The van der Waals surface area contributed by atoms with Gasteiger partial charge >= 0.3 is 5.69 Å². The molecule has 0 radical (unpaired) electrons. The highest BCUT2D eigenvalue weighted by molar-refractivity contribution is 5.76. The number of likely N-dealkylation sites (tertiary alicyclic amines) is 1. The van der Waals surface area contributed by atoms with Crippen LogP contribution in [0.2, 0.25) is 0 Å². The molecule has 0 spiro atoms. The summed E-state index contributed by atoms with van der Waals surface area (Å²) < 4.78 is 2.99. The van der Waals surface area contributed by atoms with Gasteiger partial charge in [0.1, 0.15) is 12.4 Å². The highest BCUT2D eigenvalue weighted by Gasteiger charge is 2.29. The van der Waals surface area contributed by atoms with Crippen molar-refractivity contribution in [2.45, 2.75) is 57.7 Å². The maximum Gasteiger partial charge on any atom is 0.346 e. The summed E-state index contributed by atoms with van der Waals surface area (Å²) in [6, 6.07) is -0.103. The summed E-state index contributed by atoms with van der Waals surface area (Å²) >= 11 is 0. The molecular weight excluding hydrogens is 272 g/mol. The number of hydrogen-bond acceptors (Lipinski definition) is 4. The minimum atomic E-state index is -0.181. The van der Waals surface area contributed by atoms with E-state index in [-0.39, 0.29) is 30.8 Å². The highest BCUT2D eigenvalue weighted by Crippen LogP contribution is 2.17. The van der Waals surface area contributed by atoms with Crippen LogP contribution in [0, 0.1) is 0 Å². The van der Waals surface area contributed by atoms with E-state index in [2.05, 4.69) is 5.10 Å². The van der Waals surface area contributed by atoms with Gasteiger partial charge in [-0.1, -0.05) is 6.42 Å². The molecule has 116 valence electrons. The lowest BCUT2D eigenvalue weighted by atomic mass is 10.2. The van der Waals surface area contributed by atoms with Crippen molar-refractivity contribution in [3.8, 4) is 0 Å². The molecular formula is C14H22N4O3. The minimum absolute atomic E-state index is 0.0136. The van der Waals surface area contributed by atoms with Gasteiger partial charge in [-0.25, -0.2) is 9.48 Å². The van der Waals surface area contributed by atoms with Crippen molar-refractivity contribution in [3.63, 3.8) is 0 Å². The summed E-state index contributed by atoms with van der Waals surface area (Å²) in [7, 11) is 0. The summed E-state index contributed by atoms with van der Waals surface area (Å²) in [5, 5.41) is 13.6. The Morgan fingerprint density at radius 1 is 1.24 bits per heavy atom. The maximum atomic E-state index is 12.3. The first-order chi connectivity index (χ1) is 10.2. The third-order valence-electron chi connectivity index (χ3n) is 4.47. The topological polar surface area (TPSA) is 80.4 Å². The summed E-state index contributed by atoms with van der Waals surface area (Å²) in [5.41, 5.74) is -0.181. The molecule has 0 saturated carbocycles. The number of nitrogens with zero attached hydrogens (tertiary/aromatic N) is 4. The fraction of sp³-hybridized carbons (Fsp3) is 0.786. The molecule has 1 saturated heterocycles. The smallest absolute Gasteiger partial charge is 0.346 e. The van der Waals surface area contributed by atoms with Gasteiger partial charge in [0.25, 0.3) is 0 Å². The molecule has 1 amide bonds. The zero-order valence-corrected chi connectivity index (χ0v) is 12.2. The van der Waals surface area contributed by atoms with Gasteiger partial charge in [-0.05, 0) is 25.7 Å². The number of rotatable bonds is 3. The predicted molar refractivity (Wildman–Crippen MR) is 75.9 cm³/mol. The zero-order valence-electron chi connectivity index (χ0n) is 12.2. The summed E-state index contributed by atoms with van der Waals surface area (Å²) in [4.78, 5) is 26.3. The number of aromatic nitrogens is 3. The maximum absolute atomic E-state index is 12.3. The summed E-state index contributed by atoms with van der Waals surface area (Å²) in [6.45, 7) is 1.33. The third-order valence-corrected chi connectivity index (χ3v) is 4.47. The first kappa shape index (κ1) is 14.3. The van der Waals surface area contributed by atoms with E-state index in [4.69, 9.17) is 0 Å². The molecule has 1 aromatic heterocycles. The Morgan fingerprint density at radius 3 is 2.90 bits per heavy atom. The van der Waals surface area contributed by atoms with Gasteiger partial charge in [0.15, 0.2) is 0 Å². The van der Waals surface area contributed by atoms with Crippen molar-refractivity contribution in [1.82, 2.24) is 19.2 Å². The largest absolute Gasteiger partial charge is 0.394 e. The molecule has 2 aliphatic heterocycles. The van der Waals surface area contributed by atoms with Crippen LogP contribution in [-0.2, 0) is 24.3 Å². The van der Waals surface area contributed by atoms with E-state index in [1.165, 1.54) is 4.68 Å². The first-order valence-electron chi connectivity index (χ1n) is 7.77. The molecule has 1 aromatic rings. The Bertz CT molecular complexity index is 577. The molecule has 0 aromatic carbocycles. The zero-order chi connectivity index (χ0) is 14.8. The second-order valence-electron chi connectivity index (χ2n) is 5.88.